The third kappa shape index (κ3) is 3.47. The highest BCUT2D eigenvalue weighted by molar-refractivity contribution is 5.94. The first-order valence-corrected chi connectivity index (χ1v) is 9.13. The third-order valence-electron chi connectivity index (χ3n) is 4.78. The molecule has 1 amide bonds. The van der Waals surface area contributed by atoms with E-state index in [9.17, 15) is 9.18 Å². The molecular weight excluding hydrogens is 345 g/mol. The van der Waals surface area contributed by atoms with Gasteiger partial charge in [0.15, 0.2) is 0 Å². The smallest absolute Gasteiger partial charge is 0.254 e. The van der Waals surface area contributed by atoms with E-state index in [4.69, 9.17) is 4.52 Å². The molecule has 3 heterocycles. The molecule has 0 saturated carbocycles. The zero-order chi connectivity index (χ0) is 18.8. The molecule has 3 aromatic rings. The van der Waals surface area contributed by atoms with Crippen LogP contribution in [0.15, 0.2) is 47.1 Å². The number of nitrogens with zero attached hydrogens (tertiary/aromatic N) is 3. The number of hydrogen-bond donors (Lipinski definition) is 0. The topological polar surface area (TPSA) is 59.2 Å². The fraction of sp³-hybridized carbons (Fsp3) is 0.286. The number of pyridine rings is 1. The van der Waals surface area contributed by atoms with Gasteiger partial charge in [-0.15, -0.1) is 0 Å². The molecule has 1 aliphatic heterocycles. The van der Waals surface area contributed by atoms with Crippen LogP contribution in [0.25, 0.3) is 11.3 Å². The Morgan fingerprint density at radius 3 is 3.00 bits per heavy atom. The number of hydrogen-bond acceptors (Lipinski definition) is 4. The summed E-state index contributed by atoms with van der Waals surface area (Å²) in [5, 5.41) is 4.12. The van der Waals surface area contributed by atoms with Crippen LogP contribution in [0.4, 0.5) is 4.39 Å². The van der Waals surface area contributed by atoms with E-state index in [0.717, 1.165) is 29.9 Å². The monoisotopic (exact) mass is 365 g/mol. The predicted octanol–water partition coefficient (Wildman–Crippen LogP) is 4.03. The van der Waals surface area contributed by atoms with Crippen molar-refractivity contribution in [2.45, 2.75) is 32.7 Å². The summed E-state index contributed by atoms with van der Waals surface area (Å²) in [5.74, 6) is 0.403. The van der Waals surface area contributed by atoms with Gasteiger partial charge < -0.3 is 9.42 Å². The lowest BCUT2D eigenvalue weighted by Gasteiger charge is -2.26. The van der Waals surface area contributed by atoms with Crippen molar-refractivity contribution >= 4 is 5.91 Å². The molecule has 1 aromatic carbocycles. The molecule has 5 nitrogen and oxygen atoms in total. The standard InChI is InChI=1S/C21H20FN3O2/c1-2-4-17-12-15(7-9-23-17)21(26)25-10-8-19-18(13-25)20(24-27-19)14-5-3-6-16(22)11-14/h3,5-7,9,11-12H,2,4,8,10,13H2,1H3. The first-order valence-electron chi connectivity index (χ1n) is 9.13. The van der Waals surface area contributed by atoms with Crippen LogP contribution >= 0.6 is 0 Å². The molecule has 0 radical (unpaired) electrons. The van der Waals surface area contributed by atoms with E-state index in [2.05, 4.69) is 17.1 Å². The summed E-state index contributed by atoms with van der Waals surface area (Å²) in [6.45, 7) is 3.05. The maximum atomic E-state index is 13.6. The van der Waals surface area contributed by atoms with Gasteiger partial charge in [0.25, 0.3) is 5.91 Å². The highest BCUT2D eigenvalue weighted by Crippen LogP contribution is 2.30. The number of benzene rings is 1. The summed E-state index contributed by atoms with van der Waals surface area (Å²) in [5.41, 5.74) is 3.67. The second-order valence-corrected chi connectivity index (χ2v) is 6.71. The Balaban J connectivity index is 1.60. The van der Waals surface area contributed by atoms with E-state index in [-0.39, 0.29) is 11.7 Å². The number of aromatic nitrogens is 2. The number of rotatable bonds is 4. The van der Waals surface area contributed by atoms with Crippen molar-refractivity contribution in [2.24, 2.45) is 0 Å². The molecule has 27 heavy (non-hydrogen) atoms. The van der Waals surface area contributed by atoms with Gasteiger partial charge in [0.1, 0.15) is 17.3 Å². The lowest BCUT2D eigenvalue weighted by molar-refractivity contribution is 0.0729. The van der Waals surface area contributed by atoms with E-state index in [1.165, 1.54) is 12.1 Å². The average Bonchev–Trinajstić information content (AvgIpc) is 3.11. The summed E-state index contributed by atoms with van der Waals surface area (Å²) >= 11 is 0. The van der Waals surface area contributed by atoms with Crippen LogP contribution < -0.4 is 0 Å². The number of fused-ring (bicyclic) bond motifs is 1. The maximum Gasteiger partial charge on any atom is 0.254 e. The summed E-state index contributed by atoms with van der Waals surface area (Å²) in [4.78, 5) is 19.1. The number of amides is 1. The van der Waals surface area contributed by atoms with Crippen LogP contribution in [0.5, 0.6) is 0 Å². The lowest BCUT2D eigenvalue weighted by Crippen LogP contribution is -2.35. The first kappa shape index (κ1) is 17.4. The molecule has 6 heteroatoms. The highest BCUT2D eigenvalue weighted by Gasteiger charge is 2.28. The quantitative estimate of drug-likeness (QED) is 0.700. The largest absolute Gasteiger partial charge is 0.360 e. The first-order chi connectivity index (χ1) is 13.2. The summed E-state index contributed by atoms with van der Waals surface area (Å²) in [7, 11) is 0. The molecule has 0 fully saturated rings. The Labute approximate surface area is 156 Å². The molecule has 0 aliphatic carbocycles. The average molecular weight is 365 g/mol. The minimum Gasteiger partial charge on any atom is -0.360 e. The molecule has 0 bridgehead atoms. The lowest BCUT2D eigenvalue weighted by atomic mass is 10.0. The number of aryl methyl sites for hydroxylation is 1. The molecule has 4 rings (SSSR count). The molecule has 0 saturated heterocycles. The Bertz CT molecular complexity index is 983. The van der Waals surface area contributed by atoms with Crippen molar-refractivity contribution in [1.82, 2.24) is 15.0 Å². The summed E-state index contributed by atoms with van der Waals surface area (Å²) < 4.78 is 19.0. The molecule has 1 aliphatic rings. The van der Waals surface area contributed by atoms with Crippen molar-refractivity contribution in [3.8, 4) is 11.3 Å². The minimum atomic E-state index is -0.326. The zero-order valence-electron chi connectivity index (χ0n) is 15.1. The van der Waals surface area contributed by atoms with Crippen molar-refractivity contribution in [2.75, 3.05) is 6.54 Å². The predicted molar refractivity (Wildman–Crippen MR) is 98.6 cm³/mol. The molecule has 0 atom stereocenters. The van der Waals surface area contributed by atoms with Gasteiger partial charge in [-0.1, -0.05) is 30.6 Å². The molecule has 138 valence electrons. The summed E-state index contributed by atoms with van der Waals surface area (Å²) in [6.07, 6.45) is 4.11. The Kier molecular flexibility index (Phi) is 4.71. The van der Waals surface area contributed by atoms with Gasteiger partial charge >= 0.3 is 0 Å². The molecule has 0 N–H and O–H groups in total. The van der Waals surface area contributed by atoms with E-state index >= 15 is 0 Å². The van der Waals surface area contributed by atoms with Crippen LogP contribution in [0.1, 0.15) is 40.7 Å². The number of halogens is 1. The minimum absolute atomic E-state index is 0.0354. The second-order valence-electron chi connectivity index (χ2n) is 6.71. The Hall–Kier alpha value is -3.02. The van der Waals surface area contributed by atoms with Gasteiger partial charge in [-0.25, -0.2) is 4.39 Å². The van der Waals surface area contributed by atoms with Crippen LogP contribution in [-0.4, -0.2) is 27.5 Å². The van der Waals surface area contributed by atoms with E-state index in [0.29, 0.717) is 36.3 Å². The van der Waals surface area contributed by atoms with Crippen LogP contribution in [0.3, 0.4) is 0 Å². The third-order valence-corrected chi connectivity index (χ3v) is 4.78. The zero-order valence-corrected chi connectivity index (χ0v) is 15.1. The second kappa shape index (κ2) is 7.31. The number of carbonyl (C=O) groups excluding carboxylic acids is 1. The SMILES string of the molecule is CCCc1cc(C(=O)N2CCc3onc(-c4cccc(F)c4)c3C2)ccn1. The van der Waals surface area contributed by atoms with Crippen LogP contribution in [0, 0.1) is 5.82 Å². The normalized spacial score (nSPS) is 13.5. The van der Waals surface area contributed by atoms with Crippen LogP contribution in [-0.2, 0) is 19.4 Å². The van der Waals surface area contributed by atoms with Gasteiger partial charge in [-0.05, 0) is 30.7 Å². The van der Waals surface area contributed by atoms with Gasteiger partial charge in [-0.3, -0.25) is 9.78 Å². The molecule has 0 unspecified atom stereocenters. The van der Waals surface area contributed by atoms with E-state index in [1.54, 1.807) is 29.3 Å². The molecule has 0 spiro atoms. The maximum absolute atomic E-state index is 13.6. The fourth-order valence-electron chi connectivity index (χ4n) is 3.43. The van der Waals surface area contributed by atoms with E-state index in [1.807, 2.05) is 6.07 Å². The van der Waals surface area contributed by atoms with Gasteiger partial charge in [-0.2, -0.15) is 0 Å². The van der Waals surface area contributed by atoms with Gasteiger partial charge in [0.05, 0.1) is 6.54 Å². The fourth-order valence-corrected chi connectivity index (χ4v) is 3.43. The highest BCUT2D eigenvalue weighted by atomic mass is 19.1. The van der Waals surface area contributed by atoms with E-state index < -0.39 is 0 Å². The van der Waals surface area contributed by atoms with Crippen molar-refractivity contribution in [1.29, 1.82) is 0 Å². The van der Waals surface area contributed by atoms with Gasteiger partial charge in [0.2, 0.25) is 0 Å². The number of carbonyl (C=O) groups is 1. The summed E-state index contributed by atoms with van der Waals surface area (Å²) in [6, 6.07) is 9.87. The molecule has 2 aromatic heterocycles. The van der Waals surface area contributed by atoms with Crippen molar-refractivity contribution < 1.29 is 13.7 Å². The van der Waals surface area contributed by atoms with Crippen LogP contribution in [0.2, 0.25) is 0 Å². The Morgan fingerprint density at radius 2 is 2.19 bits per heavy atom. The van der Waals surface area contributed by atoms with Crippen molar-refractivity contribution in [3.05, 3.63) is 71.0 Å². The molecular formula is C21H20FN3O2. The van der Waals surface area contributed by atoms with Crippen molar-refractivity contribution in [3.63, 3.8) is 0 Å². The van der Waals surface area contributed by atoms with Gasteiger partial charge in [0, 0.05) is 41.5 Å². The Morgan fingerprint density at radius 1 is 1.30 bits per heavy atom.